The van der Waals surface area contributed by atoms with Crippen LogP contribution in [0.1, 0.15) is 21.7 Å². The van der Waals surface area contributed by atoms with Crippen molar-refractivity contribution < 1.29 is 9.53 Å². The monoisotopic (exact) mass is 339 g/mol. The lowest BCUT2D eigenvalue weighted by molar-refractivity contribution is 0.0777. The maximum Gasteiger partial charge on any atom is 0.274 e. The molecule has 0 aliphatic heterocycles. The normalized spacial score (nSPS) is 10.7. The van der Waals surface area contributed by atoms with Crippen molar-refractivity contribution in [2.24, 2.45) is 7.05 Å². The number of para-hydroxylation sites is 1. The van der Waals surface area contributed by atoms with Crippen molar-refractivity contribution in [3.63, 3.8) is 0 Å². The van der Waals surface area contributed by atoms with Crippen LogP contribution < -0.4 is 4.74 Å². The Kier molecular flexibility index (Phi) is 4.83. The molecule has 3 rings (SSSR count). The molecule has 7 heteroatoms. The summed E-state index contributed by atoms with van der Waals surface area (Å²) in [4.78, 5) is 14.2. The fourth-order valence-electron chi connectivity index (χ4n) is 2.43. The summed E-state index contributed by atoms with van der Waals surface area (Å²) in [6, 6.07) is 11.2. The van der Waals surface area contributed by atoms with Crippen molar-refractivity contribution in [1.82, 2.24) is 24.5 Å². The Labute approximate surface area is 146 Å². The van der Waals surface area contributed by atoms with Crippen molar-refractivity contribution in [2.45, 2.75) is 20.2 Å². The topological polar surface area (TPSA) is 65.2 Å². The van der Waals surface area contributed by atoms with E-state index in [0.717, 1.165) is 17.0 Å². The number of carbonyl (C=O) groups is 1. The molecule has 0 atom stereocenters. The molecular formula is C18H21N5O2. The van der Waals surface area contributed by atoms with Gasteiger partial charge in [-0.05, 0) is 25.1 Å². The third-order valence-corrected chi connectivity index (χ3v) is 4.06. The molecule has 7 nitrogen and oxygen atoms in total. The third-order valence-electron chi connectivity index (χ3n) is 4.06. The van der Waals surface area contributed by atoms with Gasteiger partial charge < -0.3 is 9.64 Å². The van der Waals surface area contributed by atoms with Crippen molar-refractivity contribution in [3.05, 3.63) is 65.7 Å². The van der Waals surface area contributed by atoms with Gasteiger partial charge in [0, 0.05) is 38.1 Å². The Morgan fingerprint density at radius 3 is 2.68 bits per heavy atom. The zero-order valence-corrected chi connectivity index (χ0v) is 14.6. The van der Waals surface area contributed by atoms with Crippen LogP contribution in [0.15, 0.2) is 48.8 Å². The number of carbonyl (C=O) groups excluding carboxylic acids is 1. The van der Waals surface area contributed by atoms with E-state index < -0.39 is 0 Å². The van der Waals surface area contributed by atoms with E-state index in [-0.39, 0.29) is 12.6 Å². The van der Waals surface area contributed by atoms with Gasteiger partial charge in [-0.25, -0.2) is 4.68 Å². The lowest BCUT2D eigenvalue weighted by Crippen LogP contribution is -2.27. The van der Waals surface area contributed by atoms with Crippen molar-refractivity contribution in [3.8, 4) is 5.75 Å². The fraction of sp³-hybridized carbons (Fsp3) is 0.278. The molecule has 1 aromatic carbocycles. The number of aryl methyl sites for hydroxylation is 1. The van der Waals surface area contributed by atoms with E-state index in [4.69, 9.17) is 4.74 Å². The second kappa shape index (κ2) is 7.21. The number of hydrogen-bond acceptors (Lipinski definition) is 4. The maximum absolute atomic E-state index is 12.5. The Balaban J connectivity index is 1.61. The van der Waals surface area contributed by atoms with Crippen LogP contribution in [0.2, 0.25) is 0 Å². The summed E-state index contributed by atoms with van der Waals surface area (Å²) in [5.74, 6) is 0.622. The molecule has 0 aliphatic carbocycles. The molecular weight excluding hydrogens is 318 g/mol. The first-order chi connectivity index (χ1) is 12.0. The molecule has 0 fully saturated rings. The second-order valence-electron chi connectivity index (χ2n) is 5.87. The van der Waals surface area contributed by atoms with E-state index in [9.17, 15) is 4.79 Å². The number of aromatic nitrogens is 4. The molecule has 1 amide bonds. The highest BCUT2D eigenvalue weighted by molar-refractivity contribution is 5.91. The molecule has 0 saturated carbocycles. The van der Waals surface area contributed by atoms with Crippen molar-refractivity contribution >= 4 is 5.91 Å². The van der Waals surface area contributed by atoms with Gasteiger partial charge in [0.1, 0.15) is 5.75 Å². The first-order valence-corrected chi connectivity index (χ1v) is 7.99. The van der Waals surface area contributed by atoms with E-state index in [0.29, 0.717) is 12.2 Å². The molecule has 0 unspecified atom stereocenters. The van der Waals surface area contributed by atoms with Gasteiger partial charge in [-0.3, -0.25) is 9.48 Å². The average molecular weight is 339 g/mol. The van der Waals surface area contributed by atoms with Crippen LogP contribution in [0.5, 0.6) is 5.75 Å². The summed E-state index contributed by atoms with van der Waals surface area (Å²) in [6.07, 6.45) is 3.52. The highest BCUT2D eigenvalue weighted by Crippen LogP contribution is 2.12. The van der Waals surface area contributed by atoms with Crippen LogP contribution in [0.4, 0.5) is 0 Å². The van der Waals surface area contributed by atoms with E-state index in [1.54, 1.807) is 39.8 Å². The average Bonchev–Trinajstić information content (AvgIpc) is 3.22. The van der Waals surface area contributed by atoms with E-state index in [2.05, 4.69) is 10.2 Å². The van der Waals surface area contributed by atoms with Gasteiger partial charge in [0.05, 0.1) is 6.20 Å². The number of rotatable bonds is 6. The van der Waals surface area contributed by atoms with Gasteiger partial charge in [-0.15, -0.1) is 0 Å². The van der Waals surface area contributed by atoms with Crippen LogP contribution in [0.25, 0.3) is 0 Å². The quantitative estimate of drug-likeness (QED) is 0.691. The fourth-order valence-corrected chi connectivity index (χ4v) is 2.43. The summed E-state index contributed by atoms with van der Waals surface area (Å²) < 4.78 is 9.02. The molecule has 25 heavy (non-hydrogen) atoms. The van der Waals surface area contributed by atoms with E-state index in [1.807, 2.05) is 44.3 Å². The number of hydrogen-bond donors (Lipinski definition) is 0. The van der Waals surface area contributed by atoms with Crippen LogP contribution in [0, 0.1) is 6.92 Å². The predicted octanol–water partition coefficient (Wildman–Crippen LogP) is 2.23. The molecule has 130 valence electrons. The number of benzene rings is 1. The van der Waals surface area contributed by atoms with Crippen LogP contribution in [-0.2, 0) is 20.3 Å². The smallest absolute Gasteiger partial charge is 0.274 e. The van der Waals surface area contributed by atoms with Crippen LogP contribution in [0.3, 0.4) is 0 Å². The van der Waals surface area contributed by atoms with Crippen LogP contribution >= 0.6 is 0 Å². The molecule has 0 aliphatic rings. The zero-order valence-electron chi connectivity index (χ0n) is 14.6. The summed E-state index contributed by atoms with van der Waals surface area (Å²) in [5.41, 5.74) is 2.45. The van der Waals surface area contributed by atoms with E-state index in [1.165, 1.54) is 0 Å². The Bertz CT molecular complexity index is 853. The van der Waals surface area contributed by atoms with Gasteiger partial charge in [0.15, 0.2) is 12.4 Å². The molecule has 3 aromatic rings. The first kappa shape index (κ1) is 16.8. The highest BCUT2D eigenvalue weighted by Gasteiger charge is 2.17. The number of ether oxygens (including phenoxy) is 1. The summed E-state index contributed by atoms with van der Waals surface area (Å²) in [6.45, 7) is 2.73. The first-order valence-electron chi connectivity index (χ1n) is 7.99. The SMILES string of the molecule is Cc1c(CN(C)C(=O)c2ccn(COc3ccccc3)n2)cnn1C. The predicted molar refractivity (Wildman–Crippen MR) is 93.0 cm³/mol. The van der Waals surface area contributed by atoms with Crippen molar-refractivity contribution in [2.75, 3.05) is 7.05 Å². The minimum absolute atomic E-state index is 0.137. The molecule has 0 radical (unpaired) electrons. The largest absolute Gasteiger partial charge is 0.471 e. The number of nitrogens with zero attached hydrogens (tertiary/aromatic N) is 5. The van der Waals surface area contributed by atoms with Gasteiger partial charge in [0.25, 0.3) is 5.91 Å². The van der Waals surface area contributed by atoms with Gasteiger partial charge >= 0.3 is 0 Å². The molecule has 0 N–H and O–H groups in total. The zero-order chi connectivity index (χ0) is 17.8. The van der Waals surface area contributed by atoms with Gasteiger partial charge in [0.2, 0.25) is 0 Å². The lowest BCUT2D eigenvalue weighted by atomic mass is 10.2. The molecule has 2 heterocycles. The lowest BCUT2D eigenvalue weighted by Gasteiger charge is -2.15. The summed E-state index contributed by atoms with van der Waals surface area (Å²) in [5, 5.41) is 8.50. The van der Waals surface area contributed by atoms with Crippen LogP contribution in [-0.4, -0.2) is 37.4 Å². The molecule has 0 bridgehead atoms. The molecule has 2 aromatic heterocycles. The Morgan fingerprint density at radius 1 is 1.24 bits per heavy atom. The summed E-state index contributed by atoms with van der Waals surface area (Å²) in [7, 11) is 3.64. The maximum atomic E-state index is 12.5. The Morgan fingerprint density at radius 2 is 2.00 bits per heavy atom. The van der Waals surface area contributed by atoms with Gasteiger partial charge in [-0.2, -0.15) is 10.2 Å². The molecule has 0 spiro atoms. The van der Waals surface area contributed by atoms with E-state index >= 15 is 0 Å². The standard InChI is InChI=1S/C18H21N5O2/c1-14-15(11-19-22(14)3)12-21(2)18(24)17-9-10-23(20-17)13-25-16-7-5-4-6-8-16/h4-11H,12-13H2,1-3H3. The second-order valence-corrected chi connectivity index (χ2v) is 5.87. The Hall–Kier alpha value is -3.09. The highest BCUT2D eigenvalue weighted by atomic mass is 16.5. The summed E-state index contributed by atoms with van der Waals surface area (Å²) >= 11 is 0. The minimum Gasteiger partial charge on any atom is -0.471 e. The molecule has 0 saturated heterocycles. The number of amides is 1. The minimum atomic E-state index is -0.137. The van der Waals surface area contributed by atoms with Crippen molar-refractivity contribution in [1.29, 1.82) is 0 Å². The third kappa shape index (κ3) is 3.88. The van der Waals surface area contributed by atoms with Gasteiger partial charge in [-0.1, -0.05) is 18.2 Å².